The summed E-state index contributed by atoms with van der Waals surface area (Å²) in [6.07, 6.45) is 1.90. The van der Waals surface area contributed by atoms with E-state index in [4.69, 9.17) is 9.97 Å². The number of fused-ring (bicyclic) bond motifs is 6. The molecule has 12 aromatic rings. The van der Waals surface area contributed by atoms with E-state index in [9.17, 15) is 0 Å². The van der Waals surface area contributed by atoms with Crippen molar-refractivity contribution in [2.75, 3.05) is 0 Å². The first-order valence-electron chi connectivity index (χ1n) is 21.5. The molecule has 0 saturated heterocycles. The van der Waals surface area contributed by atoms with Gasteiger partial charge in [0, 0.05) is 39.0 Å². The Morgan fingerprint density at radius 3 is 1.35 bits per heavy atom. The largest absolute Gasteiger partial charge is 0.309 e. The van der Waals surface area contributed by atoms with Gasteiger partial charge in [0.05, 0.1) is 27.8 Å². The highest BCUT2D eigenvalue weighted by Gasteiger charge is 2.41. The lowest BCUT2D eigenvalue weighted by Gasteiger charge is -2.34. The van der Waals surface area contributed by atoms with Crippen molar-refractivity contribution in [1.82, 2.24) is 19.1 Å². The van der Waals surface area contributed by atoms with Crippen molar-refractivity contribution >= 4 is 72.4 Å². The molecule has 0 unspecified atom stereocenters. The zero-order valence-corrected chi connectivity index (χ0v) is 35.4. The van der Waals surface area contributed by atoms with Crippen LogP contribution >= 0.6 is 0 Å². The summed E-state index contributed by atoms with van der Waals surface area (Å²) >= 11 is 0. The Balaban J connectivity index is 0.985. The van der Waals surface area contributed by atoms with E-state index in [-0.39, 0.29) is 0 Å². The fraction of sp³-hybridized carbons (Fsp3) is 0. The molecule has 0 spiro atoms. The van der Waals surface area contributed by atoms with Gasteiger partial charge in [-0.1, -0.05) is 182 Å². The number of benzene rings is 9. The molecule has 0 amide bonds. The van der Waals surface area contributed by atoms with Crippen molar-refractivity contribution in [3.05, 3.63) is 243 Å². The summed E-state index contributed by atoms with van der Waals surface area (Å²) in [5.74, 6) is 0.643. The lowest BCUT2D eigenvalue weighted by Crippen LogP contribution is -2.74. The molecular weight excluding hydrogens is 781 g/mol. The third-order valence-electron chi connectivity index (χ3n) is 12.7. The van der Waals surface area contributed by atoms with E-state index in [1.54, 1.807) is 0 Å². The Bertz CT molecular complexity index is 3520. The Kier molecular flexibility index (Phi) is 8.80. The van der Waals surface area contributed by atoms with Crippen molar-refractivity contribution in [3.63, 3.8) is 0 Å². The van der Waals surface area contributed by atoms with Gasteiger partial charge in [-0.25, -0.2) is 9.97 Å². The summed E-state index contributed by atoms with van der Waals surface area (Å²) in [6.45, 7) is 0. The van der Waals surface area contributed by atoms with Crippen LogP contribution in [-0.2, 0) is 0 Å². The second-order valence-electron chi connectivity index (χ2n) is 16.2. The predicted octanol–water partition coefficient (Wildman–Crippen LogP) is 11.4. The molecule has 0 aliphatic heterocycles. The van der Waals surface area contributed by atoms with Gasteiger partial charge in [0.1, 0.15) is 0 Å². The van der Waals surface area contributed by atoms with E-state index >= 15 is 0 Å². The molecule has 296 valence electrons. The first kappa shape index (κ1) is 36.7. The molecule has 12 rings (SSSR count). The van der Waals surface area contributed by atoms with Gasteiger partial charge in [0.25, 0.3) is 0 Å². The van der Waals surface area contributed by atoms with Crippen molar-refractivity contribution in [2.24, 2.45) is 0 Å². The Labute approximate surface area is 366 Å². The zero-order chi connectivity index (χ0) is 41.7. The number of aromatic nitrogens is 4. The number of hydrogen-bond donors (Lipinski definition) is 0. The smallest absolute Gasteiger partial charge is 0.235 e. The Hall–Kier alpha value is -8.12. The van der Waals surface area contributed by atoms with Gasteiger partial charge < -0.3 is 4.57 Å². The maximum atomic E-state index is 5.36. The minimum absolute atomic E-state index is 0.643. The summed E-state index contributed by atoms with van der Waals surface area (Å²) in [5, 5.41) is 10.1. The van der Waals surface area contributed by atoms with Crippen LogP contribution in [0.4, 0.5) is 0 Å². The van der Waals surface area contributed by atoms with Crippen molar-refractivity contribution in [3.8, 4) is 34.0 Å². The third-order valence-corrected chi connectivity index (χ3v) is 17.5. The van der Waals surface area contributed by atoms with Crippen molar-refractivity contribution in [1.29, 1.82) is 0 Å². The van der Waals surface area contributed by atoms with E-state index in [0.717, 1.165) is 38.8 Å². The van der Waals surface area contributed by atoms with Crippen LogP contribution in [0.2, 0.25) is 0 Å². The van der Waals surface area contributed by atoms with Gasteiger partial charge >= 0.3 is 0 Å². The number of nitrogens with zero attached hydrogens (tertiary/aromatic N) is 4. The van der Waals surface area contributed by atoms with Gasteiger partial charge in [-0.2, -0.15) is 0 Å². The van der Waals surface area contributed by atoms with Gasteiger partial charge in [0.2, 0.25) is 5.95 Å². The quantitative estimate of drug-likeness (QED) is 0.113. The summed E-state index contributed by atoms with van der Waals surface area (Å²) < 4.78 is 4.58. The minimum Gasteiger partial charge on any atom is -0.309 e. The van der Waals surface area contributed by atoms with Crippen LogP contribution in [-0.4, -0.2) is 27.2 Å². The Morgan fingerprint density at radius 1 is 0.317 bits per heavy atom. The predicted molar refractivity (Wildman–Crippen MR) is 265 cm³/mol. The molecule has 0 radical (unpaired) electrons. The number of hydrogen-bond acceptors (Lipinski definition) is 2. The van der Waals surface area contributed by atoms with Gasteiger partial charge in [-0.3, -0.25) is 4.57 Å². The molecule has 0 atom stereocenters. The first-order chi connectivity index (χ1) is 31.3. The molecule has 63 heavy (non-hydrogen) atoms. The molecule has 5 heteroatoms. The summed E-state index contributed by atoms with van der Waals surface area (Å²) in [6, 6.07) is 85.9. The van der Waals surface area contributed by atoms with E-state index in [1.165, 1.54) is 53.7 Å². The first-order valence-corrected chi connectivity index (χ1v) is 23.5. The van der Waals surface area contributed by atoms with Crippen LogP contribution < -0.4 is 20.7 Å². The van der Waals surface area contributed by atoms with E-state index in [0.29, 0.717) is 5.95 Å². The average Bonchev–Trinajstić information content (AvgIpc) is 3.88. The van der Waals surface area contributed by atoms with Crippen LogP contribution in [0.25, 0.3) is 77.6 Å². The number of para-hydroxylation sites is 3. The maximum Gasteiger partial charge on any atom is 0.235 e. The van der Waals surface area contributed by atoms with Crippen LogP contribution in [0, 0.1) is 0 Å². The second kappa shape index (κ2) is 15.1. The van der Waals surface area contributed by atoms with Crippen LogP contribution in [0.1, 0.15) is 0 Å². The molecule has 0 bridgehead atoms. The highest BCUT2D eigenvalue weighted by Crippen LogP contribution is 2.38. The molecule has 0 saturated carbocycles. The maximum absolute atomic E-state index is 5.36. The molecule has 0 aliphatic rings. The van der Waals surface area contributed by atoms with Gasteiger partial charge in [-0.15, -0.1) is 0 Å². The van der Waals surface area contributed by atoms with E-state index in [1.807, 2.05) is 12.3 Å². The number of rotatable bonds is 8. The van der Waals surface area contributed by atoms with Crippen LogP contribution in [0.15, 0.2) is 243 Å². The monoisotopic (exact) mass is 820 g/mol. The minimum atomic E-state index is -2.73. The summed E-state index contributed by atoms with van der Waals surface area (Å²) in [5.41, 5.74) is 9.97. The molecule has 3 heterocycles. The summed E-state index contributed by atoms with van der Waals surface area (Å²) in [4.78, 5) is 10.3. The van der Waals surface area contributed by atoms with Crippen molar-refractivity contribution in [2.45, 2.75) is 0 Å². The van der Waals surface area contributed by atoms with E-state index < -0.39 is 8.07 Å². The highest BCUT2D eigenvalue weighted by molar-refractivity contribution is 7.19. The normalized spacial score (nSPS) is 11.8. The molecule has 0 aliphatic carbocycles. The molecule has 4 nitrogen and oxygen atoms in total. The van der Waals surface area contributed by atoms with Crippen LogP contribution in [0.5, 0.6) is 0 Å². The van der Waals surface area contributed by atoms with Gasteiger partial charge in [-0.05, 0) is 86.5 Å². The standard InChI is InChI=1S/C58H40N4Si/c1-5-19-44(20-6-1)61-54-30-15-13-28-49(54)51-39-41(32-34-56(51)61)42-33-35-57-52(40-42)50-29-14-16-31-55(50)62(57)58-59-37-36-53(60-58)43-18-17-27-48(38-43)63(45-21-7-2-8-22-45,46-23-9-3-10-24-46)47-25-11-4-12-26-47/h1-40H. The topological polar surface area (TPSA) is 35.6 Å². The van der Waals surface area contributed by atoms with Crippen molar-refractivity contribution < 1.29 is 0 Å². The zero-order valence-electron chi connectivity index (χ0n) is 34.4. The van der Waals surface area contributed by atoms with E-state index in [2.05, 4.69) is 240 Å². The lowest BCUT2D eigenvalue weighted by atomic mass is 10.0. The highest BCUT2D eigenvalue weighted by atomic mass is 28.3. The fourth-order valence-corrected chi connectivity index (χ4v) is 14.8. The molecule has 0 N–H and O–H groups in total. The average molecular weight is 821 g/mol. The SMILES string of the molecule is c1ccc(-n2c3ccccc3c3cc(-c4ccc5c(c4)c4ccccc4n5-c4nccc(-c5cccc([Si](c6ccccc6)(c6ccccc6)c6ccccc6)c5)n4)ccc32)cc1. The lowest BCUT2D eigenvalue weighted by molar-refractivity contribution is 0.992. The molecule has 9 aromatic carbocycles. The molecule has 0 fully saturated rings. The van der Waals surface area contributed by atoms with Gasteiger partial charge in [0.15, 0.2) is 8.07 Å². The molecular formula is C58H40N4Si. The second-order valence-corrected chi connectivity index (χ2v) is 20.0. The third kappa shape index (κ3) is 5.97. The van der Waals surface area contributed by atoms with Crippen LogP contribution in [0.3, 0.4) is 0 Å². The molecule has 3 aromatic heterocycles. The fourth-order valence-electron chi connectivity index (χ4n) is 9.97. The summed E-state index contributed by atoms with van der Waals surface area (Å²) in [7, 11) is -2.73. The Morgan fingerprint density at radius 2 is 0.778 bits per heavy atom.